The van der Waals surface area contributed by atoms with E-state index in [1.54, 1.807) is 25.3 Å². The van der Waals surface area contributed by atoms with Crippen LogP contribution in [0.4, 0.5) is 5.82 Å². The summed E-state index contributed by atoms with van der Waals surface area (Å²) in [6.45, 7) is 2.38. The maximum atomic E-state index is 11.2. The van der Waals surface area contributed by atoms with Crippen LogP contribution >= 0.6 is 0 Å². The molecule has 0 unspecified atom stereocenters. The van der Waals surface area contributed by atoms with Crippen LogP contribution in [-0.2, 0) is 0 Å². The van der Waals surface area contributed by atoms with Crippen molar-refractivity contribution in [1.82, 2.24) is 4.98 Å². The molecule has 1 amide bonds. The highest BCUT2D eigenvalue weighted by Crippen LogP contribution is 2.32. The lowest BCUT2D eigenvalue weighted by Gasteiger charge is -2.11. The van der Waals surface area contributed by atoms with Gasteiger partial charge < -0.3 is 20.9 Å². The highest BCUT2D eigenvalue weighted by atomic mass is 16.5. The summed E-state index contributed by atoms with van der Waals surface area (Å²) in [5.41, 5.74) is 11.7. The van der Waals surface area contributed by atoms with Crippen molar-refractivity contribution < 1.29 is 14.3 Å². The molecule has 0 aliphatic carbocycles. The Morgan fingerprint density at radius 3 is 2.63 bits per heavy atom. The molecule has 0 atom stereocenters. The zero-order valence-electron chi connectivity index (χ0n) is 10.8. The van der Waals surface area contributed by atoms with Gasteiger partial charge in [-0.25, -0.2) is 4.98 Å². The summed E-state index contributed by atoms with van der Waals surface area (Å²) in [4.78, 5) is 15.4. The van der Waals surface area contributed by atoms with Crippen LogP contribution in [-0.4, -0.2) is 24.6 Å². The van der Waals surface area contributed by atoms with E-state index in [1.807, 2.05) is 6.92 Å². The van der Waals surface area contributed by atoms with Crippen LogP contribution < -0.4 is 20.9 Å². The number of carbonyl (C=O) groups excluding carboxylic acids is 1. The summed E-state index contributed by atoms with van der Waals surface area (Å²) < 4.78 is 10.7. The Morgan fingerprint density at radius 2 is 2.05 bits per heavy atom. The molecular weight excluding hydrogens is 246 g/mol. The Labute approximate surface area is 110 Å². The van der Waals surface area contributed by atoms with Gasteiger partial charge in [0.2, 0.25) is 0 Å². The number of benzene rings is 1. The minimum atomic E-state index is -0.610. The first-order chi connectivity index (χ1) is 9.06. The summed E-state index contributed by atoms with van der Waals surface area (Å²) in [5.74, 6) is 0.638. The van der Waals surface area contributed by atoms with Crippen LogP contribution in [0.15, 0.2) is 18.2 Å². The lowest BCUT2D eigenvalue weighted by atomic mass is 10.1. The van der Waals surface area contributed by atoms with Crippen molar-refractivity contribution in [1.29, 1.82) is 0 Å². The predicted octanol–water partition coefficient (Wildman–Crippen LogP) is 1.32. The smallest absolute Gasteiger partial charge is 0.252 e. The number of anilines is 1. The summed E-state index contributed by atoms with van der Waals surface area (Å²) in [6.07, 6.45) is 0. The topological polar surface area (TPSA) is 100 Å². The van der Waals surface area contributed by atoms with E-state index in [2.05, 4.69) is 4.98 Å². The SMILES string of the molecule is CCOc1cc2cc(C(N)=O)c(N)nc2cc1OC. The molecule has 1 heterocycles. The van der Waals surface area contributed by atoms with Gasteiger partial charge in [0.05, 0.1) is 24.8 Å². The number of hydrogen-bond acceptors (Lipinski definition) is 5. The molecule has 1 aromatic carbocycles. The number of pyridine rings is 1. The van der Waals surface area contributed by atoms with Crippen molar-refractivity contribution in [3.63, 3.8) is 0 Å². The van der Waals surface area contributed by atoms with Gasteiger partial charge in [-0.05, 0) is 19.1 Å². The molecule has 6 heteroatoms. The van der Waals surface area contributed by atoms with Gasteiger partial charge in [0.15, 0.2) is 11.5 Å². The molecule has 0 saturated heterocycles. The zero-order chi connectivity index (χ0) is 14.0. The fraction of sp³-hybridized carbons (Fsp3) is 0.231. The van der Waals surface area contributed by atoms with Gasteiger partial charge in [-0.2, -0.15) is 0 Å². The Kier molecular flexibility index (Phi) is 3.41. The normalized spacial score (nSPS) is 10.4. The number of methoxy groups -OCH3 is 1. The van der Waals surface area contributed by atoms with E-state index in [9.17, 15) is 4.79 Å². The third-order valence-electron chi connectivity index (χ3n) is 2.69. The van der Waals surface area contributed by atoms with E-state index in [4.69, 9.17) is 20.9 Å². The van der Waals surface area contributed by atoms with E-state index in [0.717, 1.165) is 0 Å². The number of nitrogen functional groups attached to an aromatic ring is 1. The number of amides is 1. The number of hydrogen-bond donors (Lipinski definition) is 2. The first kappa shape index (κ1) is 12.9. The maximum absolute atomic E-state index is 11.2. The number of ether oxygens (including phenoxy) is 2. The van der Waals surface area contributed by atoms with Gasteiger partial charge in [0, 0.05) is 11.5 Å². The number of rotatable bonds is 4. The minimum absolute atomic E-state index is 0.103. The number of nitrogens with two attached hydrogens (primary N) is 2. The number of primary amides is 1. The summed E-state index contributed by atoms with van der Waals surface area (Å²) in [5, 5.41) is 0.715. The lowest BCUT2D eigenvalue weighted by molar-refractivity contribution is 0.100. The molecule has 0 bridgehead atoms. The van der Waals surface area contributed by atoms with Crippen LogP contribution in [0.3, 0.4) is 0 Å². The van der Waals surface area contributed by atoms with Crippen molar-refractivity contribution in [2.75, 3.05) is 19.5 Å². The Balaban J connectivity index is 2.67. The molecule has 0 aliphatic heterocycles. The molecule has 19 heavy (non-hydrogen) atoms. The van der Waals surface area contributed by atoms with Gasteiger partial charge in [-0.15, -0.1) is 0 Å². The molecule has 2 rings (SSSR count). The number of nitrogens with zero attached hydrogens (tertiary/aromatic N) is 1. The van der Waals surface area contributed by atoms with Gasteiger partial charge in [0.1, 0.15) is 5.82 Å². The van der Waals surface area contributed by atoms with Crippen molar-refractivity contribution in [2.45, 2.75) is 6.92 Å². The Hall–Kier alpha value is -2.50. The van der Waals surface area contributed by atoms with Gasteiger partial charge in [-0.1, -0.05) is 0 Å². The number of carbonyl (C=O) groups is 1. The monoisotopic (exact) mass is 261 g/mol. The van der Waals surface area contributed by atoms with Gasteiger partial charge in [0.25, 0.3) is 5.91 Å². The largest absolute Gasteiger partial charge is 0.493 e. The molecule has 0 saturated carbocycles. The van der Waals surface area contributed by atoms with Crippen molar-refractivity contribution in [3.8, 4) is 11.5 Å². The summed E-state index contributed by atoms with van der Waals surface area (Å²) in [7, 11) is 1.55. The van der Waals surface area contributed by atoms with Crippen LogP contribution in [0.1, 0.15) is 17.3 Å². The molecule has 0 fully saturated rings. The third kappa shape index (κ3) is 2.37. The molecule has 1 aromatic heterocycles. The highest BCUT2D eigenvalue weighted by Gasteiger charge is 2.12. The van der Waals surface area contributed by atoms with E-state index < -0.39 is 5.91 Å². The van der Waals surface area contributed by atoms with E-state index in [1.165, 1.54) is 0 Å². The zero-order valence-corrected chi connectivity index (χ0v) is 10.8. The van der Waals surface area contributed by atoms with Crippen molar-refractivity contribution >= 4 is 22.6 Å². The summed E-state index contributed by atoms with van der Waals surface area (Å²) >= 11 is 0. The number of fused-ring (bicyclic) bond motifs is 1. The van der Waals surface area contributed by atoms with Gasteiger partial charge in [-0.3, -0.25) is 4.79 Å². The Bertz CT molecular complexity index is 641. The first-order valence-corrected chi connectivity index (χ1v) is 5.77. The quantitative estimate of drug-likeness (QED) is 0.864. The van der Waals surface area contributed by atoms with Crippen LogP contribution in [0.5, 0.6) is 11.5 Å². The van der Waals surface area contributed by atoms with Crippen molar-refractivity contribution in [3.05, 3.63) is 23.8 Å². The van der Waals surface area contributed by atoms with Crippen LogP contribution in [0.2, 0.25) is 0 Å². The molecule has 0 radical (unpaired) electrons. The fourth-order valence-corrected chi connectivity index (χ4v) is 1.82. The standard InChI is InChI=1S/C13H15N3O3/c1-3-19-11-5-7-4-8(13(15)17)12(14)16-9(7)6-10(11)18-2/h4-6H,3H2,1-2H3,(H2,14,16)(H2,15,17). The summed E-state index contributed by atoms with van der Waals surface area (Å²) in [6, 6.07) is 5.06. The maximum Gasteiger partial charge on any atom is 0.252 e. The second kappa shape index (κ2) is 5.01. The van der Waals surface area contributed by atoms with E-state index >= 15 is 0 Å². The highest BCUT2D eigenvalue weighted by molar-refractivity contribution is 6.01. The molecule has 2 aromatic rings. The Morgan fingerprint density at radius 1 is 1.32 bits per heavy atom. The average molecular weight is 261 g/mol. The minimum Gasteiger partial charge on any atom is -0.493 e. The molecule has 4 N–H and O–H groups in total. The molecule has 0 aliphatic rings. The lowest BCUT2D eigenvalue weighted by Crippen LogP contribution is -2.14. The van der Waals surface area contributed by atoms with E-state index in [-0.39, 0.29) is 11.4 Å². The van der Waals surface area contributed by atoms with Gasteiger partial charge >= 0.3 is 0 Å². The fourth-order valence-electron chi connectivity index (χ4n) is 1.82. The van der Waals surface area contributed by atoms with Crippen LogP contribution in [0.25, 0.3) is 10.9 Å². The predicted molar refractivity (Wildman–Crippen MR) is 72.4 cm³/mol. The van der Waals surface area contributed by atoms with Crippen LogP contribution in [0, 0.1) is 0 Å². The number of aromatic nitrogens is 1. The molecular formula is C13H15N3O3. The second-order valence-electron chi connectivity index (χ2n) is 3.91. The molecule has 6 nitrogen and oxygen atoms in total. The van der Waals surface area contributed by atoms with E-state index in [0.29, 0.717) is 29.0 Å². The third-order valence-corrected chi connectivity index (χ3v) is 2.69. The first-order valence-electron chi connectivity index (χ1n) is 5.77. The molecule has 100 valence electrons. The second-order valence-corrected chi connectivity index (χ2v) is 3.91. The van der Waals surface area contributed by atoms with Crippen molar-refractivity contribution in [2.24, 2.45) is 5.73 Å². The average Bonchev–Trinajstić information content (AvgIpc) is 2.37. The molecule has 0 spiro atoms.